The van der Waals surface area contributed by atoms with Crippen LogP contribution in [0.1, 0.15) is 189 Å². The van der Waals surface area contributed by atoms with Crippen LogP contribution in [0.2, 0.25) is 20.1 Å². The van der Waals surface area contributed by atoms with Gasteiger partial charge in [0.05, 0.1) is 27.5 Å². The van der Waals surface area contributed by atoms with Crippen molar-refractivity contribution >= 4 is 93.2 Å². The number of likely N-dealkylation sites (tertiary alicyclic amines) is 2. The molecule has 2 saturated heterocycles. The molecule has 6 atom stereocenters. The summed E-state index contributed by atoms with van der Waals surface area (Å²) < 4.78 is 32.5. The number of carbonyl (C=O) groups is 6. The van der Waals surface area contributed by atoms with Crippen LogP contribution in [0, 0.1) is 22.5 Å². The second-order valence-corrected chi connectivity index (χ2v) is 29.3. The predicted octanol–water partition coefficient (Wildman–Crippen LogP) is 13.7. The quantitative estimate of drug-likeness (QED) is 0.109. The van der Waals surface area contributed by atoms with E-state index in [4.69, 9.17) is 46.4 Å². The number of carboxylic acids is 1. The summed E-state index contributed by atoms with van der Waals surface area (Å²) in [5.41, 5.74) is -2.66. The van der Waals surface area contributed by atoms with Crippen molar-refractivity contribution in [1.29, 1.82) is 0 Å². The monoisotopic (exact) mass is 1270 g/mol. The van der Waals surface area contributed by atoms with Gasteiger partial charge in [0.25, 0.3) is 0 Å². The predicted molar refractivity (Wildman–Crippen MR) is 332 cm³/mol. The largest absolute Gasteiger partial charge is 0.481 e. The Morgan fingerprint density at radius 2 is 0.966 bits per heavy atom. The lowest BCUT2D eigenvalue weighted by Gasteiger charge is -2.53. The number of anilines is 2. The highest BCUT2D eigenvalue weighted by Crippen LogP contribution is 2.69. The third-order valence-corrected chi connectivity index (χ3v) is 25.4. The maximum Gasteiger partial charge on any atom is 0.309 e. The summed E-state index contributed by atoms with van der Waals surface area (Å²) in [5, 5.41) is 23.9. The maximum absolute atomic E-state index is 16.3. The molecule has 4 spiro atoms. The molecular formula is C68H76Cl4F2N6O7. The molecule has 87 heavy (non-hydrogen) atoms. The molecule has 13 nitrogen and oxygen atoms in total. The number of fused-ring (bicyclic) bond motifs is 12. The van der Waals surface area contributed by atoms with E-state index in [1.807, 2.05) is 26.1 Å². The second kappa shape index (κ2) is 21.8. The van der Waals surface area contributed by atoms with Gasteiger partial charge in [-0.3, -0.25) is 38.6 Å². The van der Waals surface area contributed by atoms with Crippen molar-refractivity contribution in [3.8, 4) is 0 Å². The minimum absolute atomic E-state index is 0.0347. The molecule has 5 N–H and O–H groups in total. The first-order valence-corrected chi connectivity index (χ1v) is 33.0. The molecule has 8 saturated carbocycles. The summed E-state index contributed by atoms with van der Waals surface area (Å²) in [6.45, 7) is 4.19. The van der Waals surface area contributed by atoms with Gasteiger partial charge in [0.15, 0.2) is 0 Å². The number of hydrogen-bond donors (Lipinski definition) is 5. The van der Waals surface area contributed by atoms with Gasteiger partial charge in [-0.25, -0.2) is 8.78 Å². The number of aliphatic carboxylic acids is 1. The fourth-order valence-corrected chi connectivity index (χ4v) is 20.8. The average Bonchev–Trinajstić information content (AvgIpc) is 1.52. The second-order valence-electron chi connectivity index (χ2n) is 27.6. The summed E-state index contributed by atoms with van der Waals surface area (Å²) in [6.07, 6.45) is 16.2. The summed E-state index contributed by atoms with van der Waals surface area (Å²) in [4.78, 5) is 88.0. The van der Waals surface area contributed by atoms with Crippen LogP contribution in [0.4, 0.5) is 20.2 Å². The van der Waals surface area contributed by atoms with Crippen LogP contribution in [0.15, 0.2) is 72.8 Å². The Hall–Kier alpha value is -5.16. The first-order chi connectivity index (χ1) is 41.5. The number of rotatable bonds is 9. The number of Topliss-reactive ketones (excluding diaryl/α,β-unsaturated/α-hetero) is 1. The highest BCUT2D eigenvalue weighted by Gasteiger charge is 2.77. The third kappa shape index (κ3) is 8.66. The summed E-state index contributed by atoms with van der Waals surface area (Å²) in [6, 6.07) is 18.9. The van der Waals surface area contributed by atoms with Crippen LogP contribution < -0.4 is 21.3 Å². The van der Waals surface area contributed by atoms with Crippen molar-refractivity contribution in [2.75, 3.05) is 24.2 Å². The number of hydrogen-bond acceptors (Lipinski definition) is 8. The van der Waals surface area contributed by atoms with Crippen LogP contribution in [0.3, 0.4) is 0 Å². The standard InChI is InChI=1S/C34H38Cl2FN3O4.C34H38Cl2FN3O3/c1-2-40-27(28(41)39-32-16-13-31(14-17-32,15-18-32)30(43)44)25(21-7-6-8-23(36)26(21)37)34(33(40)11-4-3-5-12-33)22-10-9-20(35)19-24(22)38-29(34)42;1-20(41)31-13-16-32(17-14-31,18-15-31)39-29(42)28-26(22-7-6-8-24(36)27(22)37)34(33(40(28)2)11-4-3-5-12-33)23-10-9-21(35)19-25(23)38-30(34)43/h6-10,19,25,27H,2-5,11-18H2,1H3,(H,38,42)(H,39,41)(H,43,44);6-10,19,26,28H,3-5,11-18H2,1-2H3,(H,38,43)(H,39,42)/t25-,27+,31?,32?,34+;26-,28+,31?,32?,34+/m00/s1. The highest BCUT2D eigenvalue weighted by molar-refractivity contribution is 6.32. The van der Waals surface area contributed by atoms with Gasteiger partial charge < -0.3 is 26.4 Å². The number of nitrogens with one attached hydrogen (secondary N) is 4. The number of carbonyl (C=O) groups excluding carboxylic acids is 5. The minimum atomic E-state index is -1.27. The molecule has 462 valence electrons. The van der Waals surface area contributed by atoms with E-state index >= 15 is 8.78 Å². The molecule has 4 heterocycles. The van der Waals surface area contributed by atoms with Gasteiger partial charge in [-0.15, -0.1) is 0 Å². The summed E-state index contributed by atoms with van der Waals surface area (Å²) >= 11 is 25.6. The molecule has 16 rings (SSSR count). The van der Waals surface area contributed by atoms with E-state index in [-0.39, 0.29) is 56.0 Å². The van der Waals surface area contributed by atoms with Crippen LogP contribution in [0.25, 0.3) is 0 Å². The van der Waals surface area contributed by atoms with E-state index in [0.29, 0.717) is 92.2 Å². The fraction of sp³-hybridized carbons (Fsp3) is 0.559. The number of carboxylic acid groups (broad SMARTS) is 1. The molecule has 0 aromatic heterocycles. The van der Waals surface area contributed by atoms with E-state index in [9.17, 15) is 33.9 Å². The molecule has 4 aromatic rings. The Bertz CT molecular complexity index is 3500. The zero-order chi connectivity index (χ0) is 61.4. The van der Waals surface area contributed by atoms with Gasteiger partial charge in [0.1, 0.15) is 28.2 Å². The van der Waals surface area contributed by atoms with Gasteiger partial charge in [-0.05, 0) is 182 Å². The van der Waals surface area contributed by atoms with Crippen molar-refractivity contribution in [1.82, 2.24) is 20.4 Å². The molecule has 4 aliphatic heterocycles. The number of nitrogens with zero attached hydrogens (tertiary/aromatic N) is 2. The Morgan fingerprint density at radius 1 is 0.563 bits per heavy atom. The van der Waals surface area contributed by atoms with Crippen LogP contribution >= 0.6 is 46.4 Å². The minimum Gasteiger partial charge on any atom is -0.481 e. The van der Waals surface area contributed by atoms with Crippen molar-refractivity contribution in [3.63, 3.8) is 0 Å². The van der Waals surface area contributed by atoms with Crippen LogP contribution in [-0.2, 0) is 39.6 Å². The third-order valence-electron chi connectivity index (χ3n) is 24.4. The van der Waals surface area contributed by atoms with Gasteiger partial charge in [0.2, 0.25) is 23.6 Å². The highest BCUT2D eigenvalue weighted by atomic mass is 35.5. The lowest BCUT2D eigenvalue weighted by atomic mass is 9.55. The first kappa shape index (κ1) is 60.7. The number of ketones is 1. The Kier molecular flexibility index (Phi) is 15.2. The van der Waals surface area contributed by atoms with E-state index in [1.54, 1.807) is 55.5 Å². The topological polar surface area (TPSA) is 177 Å². The van der Waals surface area contributed by atoms with Gasteiger partial charge in [-0.2, -0.15) is 0 Å². The molecule has 0 unspecified atom stereocenters. The molecule has 0 radical (unpaired) electrons. The van der Waals surface area contributed by atoms with Crippen LogP contribution in [0.5, 0.6) is 0 Å². The van der Waals surface area contributed by atoms with E-state index in [1.165, 1.54) is 12.1 Å². The number of halogens is 6. The van der Waals surface area contributed by atoms with Gasteiger partial charge in [0, 0.05) is 60.8 Å². The van der Waals surface area contributed by atoms with E-state index in [0.717, 1.165) is 88.2 Å². The van der Waals surface area contributed by atoms with E-state index < -0.39 is 79.9 Å². The Morgan fingerprint density at radius 3 is 1.39 bits per heavy atom. The van der Waals surface area contributed by atoms with Gasteiger partial charge >= 0.3 is 5.97 Å². The maximum atomic E-state index is 16.3. The average molecular weight is 1270 g/mol. The first-order valence-electron chi connectivity index (χ1n) is 31.5. The Labute approximate surface area is 527 Å². The summed E-state index contributed by atoms with van der Waals surface area (Å²) in [7, 11) is 1.95. The molecule has 8 aliphatic carbocycles. The smallest absolute Gasteiger partial charge is 0.309 e. The lowest BCUT2D eigenvalue weighted by molar-refractivity contribution is -0.157. The van der Waals surface area contributed by atoms with Crippen LogP contribution in [-0.4, -0.2) is 98.1 Å². The van der Waals surface area contributed by atoms with Crippen molar-refractivity contribution in [2.45, 2.75) is 212 Å². The van der Waals surface area contributed by atoms with Crippen molar-refractivity contribution in [2.24, 2.45) is 10.8 Å². The number of benzene rings is 4. The van der Waals surface area contributed by atoms with E-state index in [2.05, 4.69) is 31.1 Å². The molecule has 19 heteroatoms. The fourth-order valence-electron chi connectivity index (χ4n) is 20.1. The number of likely N-dealkylation sites (N-methyl/N-ethyl adjacent to an activating group) is 2. The Balaban J connectivity index is 0.000000161. The molecule has 12 aliphatic rings. The molecule has 4 bridgehead atoms. The van der Waals surface area contributed by atoms with Gasteiger partial charge in [-0.1, -0.05) is 128 Å². The summed E-state index contributed by atoms with van der Waals surface area (Å²) in [5.74, 6) is -4.33. The van der Waals surface area contributed by atoms with Crippen molar-refractivity contribution < 1.29 is 42.7 Å². The van der Waals surface area contributed by atoms with Crippen molar-refractivity contribution in [3.05, 3.63) is 127 Å². The lowest BCUT2D eigenvalue weighted by Crippen LogP contribution is -2.63. The molecular weight excluding hydrogens is 1190 g/mol. The zero-order valence-corrected chi connectivity index (χ0v) is 52.6. The molecule has 10 fully saturated rings. The zero-order valence-electron chi connectivity index (χ0n) is 49.6. The normalized spacial score (nSPS) is 34.1. The molecule has 4 aromatic carbocycles. The number of amides is 4. The SMILES string of the molecule is CC(=O)C12CCC(NC(=O)[C@H]3[C@H](c4cccc(Cl)c4F)[C@]4(C(=O)Nc5cc(Cl)ccc54)C4(CCCCC4)N3C)(CC1)CC2.CCN1[C@@H](C(=O)NC23CCC(C(=O)O)(CC2)CC3)[C@H](c2cccc(Cl)c2F)[C@]2(C(=O)Nc3cc(Cl)ccc32)C12CCCCC2. The molecule has 4 amide bonds.